The highest BCUT2D eigenvalue weighted by Gasteiger charge is 2.19. The molecular weight excluding hydrogens is 250 g/mol. The Kier molecular flexibility index (Phi) is 5.59. The molecule has 1 atom stereocenters. The largest absolute Gasteiger partial charge is 0.497 e. The lowest BCUT2D eigenvalue weighted by molar-refractivity contribution is -0.137. The zero-order chi connectivity index (χ0) is 14.4. The molecular formula is C13H19NO5. The molecule has 0 heterocycles. The van der Waals surface area contributed by atoms with Gasteiger partial charge < -0.3 is 25.1 Å². The summed E-state index contributed by atoms with van der Waals surface area (Å²) in [4.78, 5) is 10.8. The van der Waals surface area contributed by atoms with Gasteiger partial charge in [0.2, 0.25) is 0 Å². The molecule has 3 N–H and O–H groups in total. The van der Waals surface area contributed by atoms with Gasteiger partial charge in [-0.05, 0) is 12.1 Å². The summed E-state index contributed by atoms with van der Waals surface area (Å²) in [5, 5.41) is 8.83. The fraction of sp³-hybridized carbons (Fsp3) is 0.462. The van der Waals surface area contributed by atoms with Crippen LogP contribution in [0.5, 0.6) is 11.5 Å². The standard InChI is InChI=1S/C13H19NO5/c1-17-7-8-4-9(18-2)5-10(13(8)19-3)11(14)6-12(15)16/h4-5,11H,6-7,14H2,1-3H3,(H,15,16). The first-order valence-electron chi connectivity index (χ1n) is 5.74. The summed E-state index contributed by atoms with van der Waals surface area (Å²) >= 11 is 0. The lowest BCUT2D eigenvalue weighted by Crippen LogP contribution is -2.17. The van der Waals surface area contributed by atoms with Crippen LogP contribution in [0.25, 0.3) is 0 Å². The molecule has 19 heavy (non-hydrogen) atoms. The lowest BCUT2D eigenvalue weighted by Gasteiger charge is -2.18. The van der Waals surface area contributed by atoms with Crippen molar-refractivity contribution in [2.45, 2.75) is 19.1 Å². The second-order valence-corrected chi connectivity index (χ2v) is 4.05. The van der Waals surface area contributed by atoms with E-state index < -0.39 is 12.0 Å². The summed E-state index contributed by atoms with van der Waals surface area (Å²) < 4.78 is 15.6. The molecule has 0 spiro atoms. The average Bonchev–Trinajstić information content (AvgIpc) is 2.37. The Balaban J connectivity index is 3.25. The van der Waals surface area contributed by atoms with Crippen molar-refractivity contribution in [3.8, 4) is 11.5 Å². The summed E-state index contributed by atoms with van der Waals surface area (Å²) in [6.45, 7) is 0.327. The molecule has 0 aromatic heterocycles. The zero-order valence-electron chi connectivity index (χ0n) is 11.3. The van der Waals surface area contributed by atoms with Gasteiger partial charge in [0, 0.05) is 24.3 Å². The molecule has 0 aliphatic carbocycles. The fourth-order valence-corrected chi connectivity index (χ4v) is 1.89. The predicted molar refractivity (Wildman–Crippen MR) is 69.4 cm³/mol. The maximum Gasteiger partial charge on any atom is 0.305 e. The van der Waals surface area contributed by atoms with Crippen molar-refractivity contribution in [1.82, 2.24) is 0 Å². The van der Waals surface area contributed by atoms with Crippen LogP contribution >= 0.6 is 0 Å². The first-order chi connectivity index (χ1) is 9.03. The van der Waals surface area contributed by atoms with E-state index in [-0.39, 0.29) is 6.42 Å². The fourth-order valence-electron chi connectivity index (χ4n) is 1.89. The van der Waals surface area contributed by atoms with Gasteiger partial charge in [-0.3, -0.25) is 4.79 Å². The van der Waals surface area contributed by atoms with Crippen LogP contribution in [0.15, 0.2) is 12.1 Å². The van der Waals surface area contributed by atoms with Crippen molar-refractivity contribution >= 4 is 5.97 Å². The van der Waals surface area contributed by atoms with Gasteiger partial charge in [0.05, 0.1) is 27.2 Å². The van der Waals surface area contributed by atoms with Crippen LogP contribution < -0.4 is 15.2 Å². The maximum absolute atomic E-state index is 10.8. The van der Waals surface area contributed by atoms with Gasteiger partial charge in [0.15, 0.2) is 0 Å². The van der Waals surface area contributed by atoms with E-state index >= 15 is 0 Å². The zero-order valence-corrected chi connectivity index (χ0v) is 11.3. The summed E-state index contributed by atoms with van der Waals surface area (Å²) in [5.74, 6) is 0.158. The van der Waals surface area contributed by atoms with Gasteiger partial charge in [0.1, 0.15) is 11.5 Å². The molecule has 0 saturated carbocycles. The molecule has 0 bridgehead atoms. The topological polar surface area (TPSA) is 91.0 Å². The third kappa shape index (κ3) is 3.84. The van der Waals surface area contributed by atoms with E-state index in [1.807, 2.05) is 0 Å². The van der Waals surface area contributed by atoms with Gasteiger partial charge in [0.25, 0.3) is 0 Å². The number of carbonyl (C=O) groups is 1. The van der Waals surface area contributed by atoms with E-state index in [0.29, 0.717) is 23.7 Å². The number of nitrogens with two attached hydrogens (primary N) is 1. The second kappa shape index (κ2) is 6.96. The molecule has 0 radical (unpaired) electrons. The minimum absolute atomic E-state index is 0.185. The number of ether oxygens (including phenoxy) is 3. The Labute approximate surface area is 112 Å². The Morgan fingerprint density at radius 3 is 2.47 bits per heavy atom. The number of methoxy groups -OCH3 is 3. The number of hydrogen-bond acceptors (Lipinski definition) is 5. The Hall–Kier alpha value is -1.79. The van der Waals surface area contributed by atoms with Gasteiger partial charge in [-0.2, -0.15) is 0 Å². The quantitative estimate of drug-likeness (QED) is 0.776. The summed E-state index contributed by atoms with van der Waals surface area (Å²) in [6.07, 6.45) is -0.185. The number of aliphatic carboxylic acids is 1. The van der Waals surface area contributed by atoms with Crippen LogP contribution in [0.4, 0.5) is 0 Å². The molecule has 0 aliphatic heterocycles. The number of carboxylic acids is 1. The molecule has 106 valence electrons. The van der Waals surface area contributed by atoms with Gasteiger partial charge in [-0.25, -0.2) is 0 Å². The van der Waals surface area contributed by atoms with E-state index in [9.17, 15) is 4.79 Å². The van der Waals surface area contributed by atoms with Gasteiger partial charge in [-0.15, -0.1) is 0 Å². The third-order valence-corrected chi connectivity index (χ3v) is 2.70. The van der Waals surface area contributed by atoms with Crippen LogP contribution in [0, 0.1) is 0 Å². The SMILES string of the molecule is COCc1cc(OC)cc(C(N)CC(=O)O)c1OC. The third-order valence-electron chi connectivity index (χ3n) is 2.70. The predicted octanol–water partition coefficient (Wildman–Crippen LogP) is 1.32. The minimum Gasteiger partial charge on any atom is -0.497 e. The highest BCUT2D eigenvalue weighted by Crippen LogP contribution is 2.34. The average molecular weight is 269 g/mol. The molecule has 0 fully saturated rings. The molecule has 0 amide bonds. The molecule has 1 aromatic rings. The van der Waals surface area contributed by atoms with Crippen molar-refractivity contribution in [3.05, 3.63) is 23.3 Å². The Bertz CT molecular complexity index is 447. The maximum atomic E-state index is 10.8. The van der Waals surface area contributed by atoms with Crippen molar-refractivity contribution in [1.29, 1.82) is 0 Å². The smallest absolute Gasteiger partial charge is 0.305 e. The number of carboxylic acid groups (broad SMARTS) is 1. The highest BCUT2D eigenvalue weighted by atomic mass is 16.5. The Morgan fingerprint density at radius 2 is 2.00 bits per heavy atom. The van der Waals surface area contributed by atoms with E-state index in [1.54, 1.807) is 19.2 Å². The van der Waals surface area contributed by atoms with Crippen LogP contribution in [0.3, 0.4) is 0 Å². The minimum atomic E-state index is -0.967. The van der Waals surface area contributed by atoms with Crippen molar-refractivity contribution in [3.63, 3.8) is 0 Å². The molecule has 1 unspecified atom stereocenters. The normalized spacial score (nSPS) is 12.0. The molecule has 6 heteroatoms. The summed E-state index contributed by atoms with van der Waals surface area (Å²) in [5.41, 5.74) is 7.26. The van der Waals surface area contributed by atoms with Gasteiger partial charge in [-0.1, -0.05) is 0 Å². The monoisotopic (exact) mass is 269 g/mol. The molecule has 1 aromatic carbocycles. The molecule has 1 rings (SSSR count). The Morgan fingerprint density at radius 1 is 1.32 bits per heavy atom. The lowest BCUT2D eigenvalue weighted by atomic mass is 10.00. The first-order valence-corrected chi connectivity index (χ1v) is 5.74. The second-order valence-electron chi connectivity index (χ2n) is 4.05. The van der Waals surface area contributed by atoms with E-state index in [4.69, 9.17) is 25.1 Å². The van der Waals surface area contributed by atoms with Crippen molar-refractivity contribution in [2.75, 3.05) is 21.3 Å². The van der Waals surface area contributed by atoms with E-state index in [1.165, 1.54) is 14.2 Å². The molecule has 0 saturated heterocycles. The van der Waals surface area contributed by atoms with Crippen molar-refractivity contribution in [2.24, 2.45) is 5.73 Å². The van der Waals surface area contributed by atoms with Crippen LogP contribution in [-0.4, -0.2) is 32.4 Å². The van der Waals surface area contributed by atoms with Crippen LogP contribution in [0.1, 0.15) is 23.6 Å². The van der Waals surface area contributed by atoms with Gasteiger partial charge >= 0.3 is 5.97 Å². The summed E-state index contributed by atoms with van der Waals surface area (Å²) in [6, 6.07) is 2.79. The number of rotatable bonds is 7. The number of benzene rings is 1. The van der Waals surface area contributed by atoms with E-state index in [2.05, 4.69) is 0 Å². The molecule has 6 nitrogen and oxygen atoms in total. The first kappa shape index (κ1) is 15.3. The number of hydrogen-bond donors (Lipinski definition) is 2. The van der Waals surface area contributed by atoms with E-state index in [0.717, 1.165) is 5.56 Å². The van der Waals surface area contributed by atoms with Crippen LogP contribution in [0.2, 0.25) is 0 Å². The van der Waals surface area contributed by atoms with Crippen LogP contribution in [-0.2, 0) is 16.1 Å². The summed E-state index contributed by atoms with van der Waals surface area (Å²) in [7, 11) is 4.61. The highest BCUT2D eigenvalue weighted by molar-refractivity contribution is 5.68. The van der Waals surface area contributed by atoms with Crippen molar-refractivity contribution < 1.29 is 24.1 Å². The molecule has 0 aliphatic rings.